The quantitative estimate of drug-likeness (QED) is 0.689. The van der Waals surface area contributed by atoms with Crippen LogP contribution in [0.1, 0.15) is 84.7 Å². The Balaban J connectivity index is 1.81. The molecule has 4 rings (SSSR count). The lowest BCUT2D eigenvalue weighted by Gasteiger charge is -2.56. The van der Waals surface area contributed by atoms with Crippen LogP contribution in [0.4, 0.5) is 4.79 Å². The average molecular weight is 444 g/mol. The number of aliphatic imine (C=N–C) groups is 1. The molecule has 0 spiro atoms. The van der Waals surface area contributed by atoms with E-state index < -0.39 is 0 Å². The molecule has 1 saturated carbocycles. The second kappa shape index (κ2) is 8.52. The number of aromatic nitrogens is 2. The fourth-order valence-corrected chi connectivity index (χ4v) is 5.82. The maximum atomic E-state index is 13.3. The van der Waals surface area contributed by atoms with Gasteiger partial charge in [-0.1, -0.05) is 13.8 Å². The molecule has 32 heavy (non-hydrogen) atoms. The molecule has 3 heterocycles. The van der Waals surface area contributed by atoms with E-state index in [-0.39, 0.29) is 41.5 Å². The zero-order valence-electron chi connectivity index (χ0n) is 20.2. The van der Waals surface area contributed by atoms with Crippen LogP contribution >= 0.6 is 0 Å². The largest absolute Gasteiger partial charge is 0.447 e. The molecule has 8 nitrogen and oxygen atoms in total. The SMILES string of the molecule is CCC1(CC)C(c2cnn(C3CC3)c2)CN=C2C1N(C(=O)OC(C)C)C[C@H](C)N2C(C)=O. The summed E-state index contributed by atoms with van der Waals surface area (Å²) < 4.78 is 7.75. The van der Waals surface area contributed by atoms with Crippen LogP contribution in [-0.4, -0.2) is 68.7 Å². The summed E-state index contributed by atoms with van der Waals surface area (Å²) in [6.07, 6.45) is 7.71. The normalized spacial score (nSPS) is 27.2. The number of amidine groups is 1. The first kappa shape index (κ1) is 22.8. The minimum Gasteiger partial charge on any atom is -0.447 e. The minimum absolute atomic E-state index is 0.0285. The van der Waals surface area contributed by atoms with Crippen molar-refractivity contribution in [3.8, 4) is 0 Å². The van der Waals surface area contributed by atoms with Crippen LogP contribution < -0.4 is 0 Å². The molecule has 1 aromatic heterocycles. The first-order valence-electron chi connectivity index (χ1n) is 12.1. The Morgan fingerprint density at radius 2 is 1.94 bits per heavy atom. The average Bonchev–Trinajstić information content (AvgIpc) is 3.48. The van der Waals surface area contributed by atoms with Crippen LogP contribution in [0.15, 0.2) is 17.4 Å². The predicted octanol–water partition coefficient (Wildman–Crippen LogP) is 3.99. The number of piperazine rings is 1. The van der Waals surface area contributed by atoms with Gasteiger partial charge in [-0.25, -0.2) is 4.79 Å². The third kappa shape index (κ3) is 3.71. The Hall–Kier alpha value is -2.38. The number of carbonyl (C=O) groups excluding carboxylic acids is 2. The van der Waals surface area contributed by atoms with Crippen LogP contribution in [0, 0.1) is 5.41 Å². The van der Waals surface area contributed by atoms with Crippen molar-refractivity contribution in [2.24, 2.45) is 10.4 Å². The Bertz CT molecular complexity index is 899. The smallest absolute Gasteiger partial charge is 0.410 e. The molecule has 0 bridgehead atoms. The molecular formula is C24H37N5O3. The van der Waals surface area contributed by atoms with Gasteiger partial charge in [0, 0.05) is 37.5 Å². The lowest BCUT2D eigenvalue weighted by atomic mass is 9.61. The van der Waals surface area contributed by atoms with Crippen molar-refractivity contribution in [1.82, 2.24) is 19.6 Å². The Kier molecular flexibility index (Phi) is 6.07. The molecule has 1 aromatic rings. The third-order valence-electron chi connectivity index (χ3n) is 7.55. The fraction of sp³-hybridized carbons (Fsp3) is 0.750. The van der Waals surface area contributed by atoms with Crippen molar-refractivity contribution in [3.63, 3.8) is 0 Å². The van der Waals surface area contributed by atoms with Crippen LogP contribution in [-0.2, 0) is 9.53 Å². The third-order valence-corrected chi connectivity index (χ3v) is 7.55. The highest BCUT2D eigenvalue weighted by molar-refractivity contribution is 6.03. The summed E-state index contributed by atoms with van der Waals surface area (Å²) >= 11 is 0. The molecule has 1 aliphatic carbocycles. The molecular weight excluding hydrogens is 406 g/mol. The fourth-order valence-electron chi connectivity index (χ4n) is 5.82. The maximum Gasteiger partial charge on any atom is 0.410 e. The van der Waals surface area contributed by atoms with E-state index in [9.17, 15) is 9.59 Å². The zero-order chi connectivity index (χ0) is 23.2. The molecule has 8 heteroatoms. The summed E-state index contributed by atoms with van der Waals surface area (Å²) in [5.74, 6) is 0.807. The first-order chi connectivity index (χ1) is 15.2. The van der Waals surface area contributed by atoms with Gasteiger partial charge in [-0.15, -0.1) is 0 Å². The van der Waals surface area contributed by atoms with Gasteiger partial charge in [-0.05, 0) is 52.0 Å². The molecule has 3 atom stereocenters. The van der Waals surface area contributed by atoms with Crippen molar-refractivity contribution >= 4 is 17.8 Å². The number of carbonyl (C=O) groups is 2. The summed E-state index contributed by atoms with van der Waals surface area (Å²) in [4.78, 5) is 34.5. The van der Waals surface area contributed by atoms with E-state index in [4.69, 9.17) is 9.73 Å². The van der Waals surface area contributed by atoms with E-state index in [0.717, 1.165) is 12.8 Å². The van der Waals surface area contributed by atoms with E-state index >= 15 is 0 Å². The summed E-state index contributed by atoms with van der Waals surface area (Å²) in [5.41, 5.74) is 0.909. The van der Waals surface area contributed by atoms with Gasteiger partial charge in [0.25, 0.3) is 0 Å². The molecule has 1 saturated heterocycles. The molecule has 2 unspecified atom stereocenters. The van der Waals surface area contributed by atoms with E-state index in [2.05, 4.69) is 29.8 Å². The molecule has 0 N–H and O–H groups in total. The lowest BCUT2D eigenvalue weighted by molar-refractivity contribution is -0.128. The number of hydrogen-bond acceptors (Lipinski definition) is 5. The van der Waals surface area contributed by atoms with Crippen LogP contribution in [0.3, 0.4) is 0 Å². The van der Waals surface area contributed by atoms with Crippen molar-refractivity contribution < 1.29 is 14.3 Å². The van der Waals surface area contributed by atoms with Gasteiger partial charge in [0.1, 0.15) is 5.84 Å². The maximum absolute atomic E-state index is 13.3. The number of rotatable bonds is 5. The minimum atomic E-state index is -0.326. The van der Waals surface area contributed by atoms with Gasteiger partial charge in [-0.3, -0.25) is 24.3 Å². The van der Waals surface area contributed by atoms with Gasteiger partial charge < -0.3 is 4.74 Å². The Morgan fingerprint density at radius 3 is 2.50 bits per heavy atom. The van der Waals surface area contributed by atoms with Gasteiger partial charge >= 0.3 is 6.09 Å². The van der Waals surface area contributed by atoms with Gasteiger partial charge in [-0.2, -0.15) is 5.10 Å². The van der Waals surface area contributed by atoms with Crippen molar-refractivity contribution in [1.29, 1.82) is 0 Å². The Labute approximate surface area is 191 Å². The second-order valence-corrected chi connectivity index (χ2v) is 9.90. The highest BCUT2D eigenvalue weighted by Gasteiger charge is 2.56. The van der Waals surface area contributed by atoms with E-state index in [1.165, 1.54) is 18.4 Å². The molecule has 0 radical (unpaired) electrons. The second-order valence-electron chi connectivity index (χ2n) is 9.90. The van der Waals surface area contributed by atoms with Crippen molar-refractivity contribution in [2.75, 3.05) is 13.1 Å². The zero-order valence-corrected chi connectivity index (χ0v) is 20.2. The Morgan fingerprint density at radius 1 is 1.25 bits per heavy atom. The standard InChI is InChI=1S/C24H37N5O3/c1-7-24(8-2)20(18-11-26-28(14-18)19-9-10-19)12-25-22-21(24)27(23(31)32-15(3)4)13-16(5)29(22)17(6)30/h11,14-16,19-21H,7-10,12-13H2,1-6H3/t16-,20?,21?/m0/s1. The topological polar surface area (TPSA) is 80.0 Å². The summed E-state index contributed by atoms with van der Waals surface area (Å²) in [7, 11) is 0. The highest BCUT2D eigenvalue weighted by atomic mass is 16.6. The van der Waals surface area contributed by atoms with Gasteiger partial charge in [0.2, 0.25) is 5.91 Å². The van der Waals surface area contributed by atoms with Crippen LogP contribution in [0.5, 0.6) is 0 Å². The predicted molar refractivity (Wildman–Crippen MR) is 123 cm³/mol. The molecule has 0 aromatic carbocycles. The van der Waals surface area contributed by atoms with Gasteiger partial charge in [0.15, 0.2) is 0 Å². The monoisotopic (exact) mass is 443 g/mol. The number of hydrogen-bond donors (Lipinski definition) is 0. The number of amides is 2. The summed E-state index contributed by atoms with van der Waals surface area (Å²) in [5, 5.41) is 4.64. The van der Waals surface area contributed by atoms with Crippen molar-refractivity contribution in [2.45, 2.75) is 97.4 Å². The summed E-state index contributed by atoms with van der Waals surface area (Å²) in [6.45, 7) is 12.7. The number of fused-ring (bicyclic) bond motifs is 1. The lowest BCUT2D eigenvalue weighted by Crippen LogP contribution is -2.70. The van der Waals surface area contributed by atoms with E-state index in [0.29, 0.717) is 25.0 Å². The molecule has 2 amide bonds. The van der Waals surface area contributed by atoms with E-state index in [1.807, 2.05) is 31.9 Å². The number of nitrogens with zero attached hydrogens (tertiary/aromatic N) is 5. The molecule has 2 fully saturated rings. The highest BCUT2D eigenvalue weighted by Crippen LogP contribution is 2.51. The van der Waals surface area contributed by atoms with Crippen LogP contribution in [0.2, 0.25) is 0 Å². The first-order valence-corrected chi connectivity index (χ1v) is 12.1. The number of ether oxygens (including phenoxy) is 1. The summed E-state index contributed by atoms with van der Waals surface area (Å²) in [6, 6.07) is 0.0555. The molecule has 2 aliphatic heterocycles. The van der Waals surface area contributed by atoms with Gasteiger partial charge in [0.05, 0.1) is 30.4 Å². The molecule has 176 valence electrons. The van der Waals surface area contributed by atoms with Crippen molar-refractivity contribution in [3.05, 3.63) is 18.0 Å². The molecule has 3 aliphatic rings. The van der Waals surface area contributed by atoms with Crippen LogP contribution in [0.25, 0.3) is 0 Å². The van der Waals surface area contributed by atoms with E-state index in [1.54, 1.807) is 11.8 Å².